The third-order valence-electron chi connectivity index (χ3n) is 2.58. The second kappa shape index (κ2) is 5.95. The minimum absolute atomic E-state index is 0.337. The van der Waals surface area contributed by atoms with Crippen molar-refractivity contribution in [2.75, 3.05) is 25.0 Å². The molecule has 0 saturated carbocycles. The Bertz CT molecular complexity index is 103. The van der Waals surface area contributed by atoms with Crippen LogP contribution in [0.1, 0.15) is 25.7 Å². The summed E-state index contributed by atoms with van der Waals surface area (Å²) in [5, 5.41) is 9.92. The first-order valence-corrected chi connectivity index (χ1v) is 5.91. The van der Waals surface area contributed by atoms with E-state index in [9.17, 15) is 0 Å². The van der Waals surface area contributed by atoms with Crippen molar-refractivity contribution in [3.8, 4) is 0 Å². The number of aliphatic hydroxyl groups is 1. The van der Waals surface area contributed by atoms with E-state index in [2.05, 4.69) is 20.8 Å². The standard InChI is InChI=1S/C9H18BrNO/c10-5-7-11-6-2-1-3-9(11)4-8-12/h9,12H,1-8H2. The van der Waals surface area contributed by atoms with E-state index in [1.807, 2.05) is 0 Å². The average Bonchev–Trinajstić information content (AvgIpc) is 2.09. The van der Waals surface area contributed by atoms with Gasteiger partial charge in [-0.15, -0.1) is 0 Å². The van der Waals surface area contributed by atoms with Crippen LogP contribution in [-0.4, -0.2) is 41.1 Å². The van der Waals surface area contributed by atoms with Crippen LogP contribution in [0.15, 0.2) is 0 Å². The smallest absolute Gasteiger partial charge is 0.0445 e. The fourth-order valence-corrected chi connectivity index (χ4v) is 2.39. The highest BCUT2D eigenvalue weighted by molar-refractivity contribution is 9.09. The summed E-state index contributed by atoms with van der Waals surface area (Å²) in [6.07, 6.45) is 4.89. The average molecular weight is 236 g/mol. The zero-order chi connectivity index (χ0) is 8.81. The van der Waals surface area contributed by atoms with E-state index < -0.39 is 0 Å². The first-order valence-electron chi connectivity index (χ1n) is 4.79. The first kappa shape index (κ1) is 10.5. The monoisotopic (exact) mass is 235 g/mol. The van der Waals surface area contributed by atoms with E-state index in [0.29, 0.717) is 12.6 Å². The fraction of sp³-hybridized carbons (Fsp3) is 1.00. The second-order valence-electron chi connectivity index (χ2n) is 3.39. The third-order valence-corrected chi connectivity index (χ3v) is 2.94. The highest BCUT2D eigenvalue weighted by Crippen LogP contribution is 2.18. The molecule has 0 spiro atoms. The molecular weight excluding hydrogens is 218 g/mol. The lowest BCUT2D eigenvalue weighted by Gasteiger charge is -2.34. The van der Waals surface area contributed by atoms with E-state index in [4.69, 9.17) is 5.11 Å². The second-order valence-corrected chi connectivity index (χ2v) is 4.18. The lowest BCUT2D eigenvalue weighted by atomic mass is 10.00. The first-order chi connectivity index (χ1) is 5.88. The summed E-state index contributed by atoms with van der Waals surface area (Å²) >= 11 is 3.46. The van der Waals surface area contributed by atoms with Gasteiger partial charge in [0, 0.05) is 24.5 Å². The van der Waals surface area contributed by atoms with E-state index in [1.54, 1.807) is 0 Å². The van der Waals surface area contributed by atoms with Gasteiger partial charge in [-0.3, -0.25) is 4.90 Å². The quantitative estimate of drug-likeness (QED) is 0.750. The summed E-state index contributed by atoms with van der Waals surface area (Å²) in [6.45, 7) is 2.68. The summed E-state index contributed by atoms with van der Waals surface area (Å²) in [4.78, 5) is 2.49. The van der Waals surface area contributed by atoms with Gasteiger partial charge in [0.25, 0.3) is 0 Å². The van der Waals surface area contributed by atoms with E-state index in [0.717, 1.165) is 18.3 Å². The maximum atomic E-state index is 8.87. The van der Waals surface area contributed by atoms with Gasteiger partial charge in [-0.2, -0.15) is 0 Å². The van der Waals surface area contributed by atoms with Gasteiger partial charge in [-0.05, 0) is 25.8 Å². The Kier molecular flexibility index (Phi) is 5.19. The molecule has 0 bridgehead atoms. The molecule has 12 heavy (non-hydrogen) atoms. The molecular formula is C9H18BrNO. The molecule has 1 saturated heterocycles. The van der Waals surface area contributed by atoms with Gasteiger partial charge < -0.3 is 5.11 Å². The predicted molar refractivity (Wildman–Crippen MR) is 54.7 cm³/mol. The van der Waals surface area contributed by atoms with Crippen molar-refractivity contribution in [3.05, 3.63) is 0 Å². The Hall–Kier alpha value is 0.400. The SMILES string of the molecule is OCCC1CCCCN1CCBr. The Morgan fingerprint density at radius 1 is 1.42 bits per heavy atom. The Balaban J connectivity index is 2.31. The predicted octanol–water partition coefficient (Wildman–Crippen LogP) is 1.62. The molecule has 1 aliphatic heterocycles. The molecule has 1 unspecified atom stereocenters. The molecule has 0 radical (unpaired) electrons. The van der Waals surface area contributed by atoms with E-state index in [1.165, 1.54) is 25.8 Å². The number of likely N-dealkylation sites (tertiary alicyclic amines) is 1. The molecule has 1 heterocycles. The molecule has 0 amide bonds. The Morgan fingerprint density at radius 2 is 2.25 bits per heavy atom. The van der Waals surface area contributed by atoms with Gasteiger partial charge in [0.15, 0.2) is 0 Å². The largest absolute Gasteiger partial charge is 0.396 e. The summed E-state index contributed by atoms with van der Waals surface area (Å²) in [7, 11) is 0. The third kappa shape index (κ3) is 3.04. The number of alkyl halides is 1. The fourth-order valence-electron chi connectivity index (χ4n) is 1.94. The van der Waals surface area contributed by atoms with Crippen LogP contribution < -0.4 is 0 Å². The summed E-state index contributed by atoms with van der Waals surface area (Å²) in [5.41, 5.74) is 0. The lowest BCUT2D eigenvalue weighted by Crippen LogP contribution is -2.41. The van der Waals surface area contributed by atoms with Crippen molar-refractivity contribution >= 4 is 15.9 Å². The molecule has 1 rings (SSSR count). The van der Waals surface area contributed by atoms with Crippen LogP contribution in [0.4, 0.5) is 0 Å². The number of nitrogens with zero attached hydrogens (tertiary/aromatic N) is 1. The van der Waals surface area contributed by atoms with Crippen molar-refractivity contribution in [2.24, 2.45) is 0 Å². The highest BCUT2D eigenvalue weighted by Gasteiger charge is 2.20. The van der Waals surface area contributed by atoms with Crippen molar-refractivity contribution in [1.82, 2.24) is 4.90 Å². The van der Waals surface area contributed by atoms with Crippen LogP contribution in [0.5, 0.6) is 0 Å². The van der Waals surface area contributed by atoms with Gasteiger partial charge in [0.1, 0.15) is 0 Å². The Morgan fingerprint density at radius 3 is 2.92 bits per heavy atom. The normalized spacial score (nSPS) is 26.0. The van der Waals surface area contributed by atoms with Crippen LogP contribution >= 0.6 is 15.9 Å². The van der Waals surface area contributed by atoms with Crippen LogP contribution in [0.3, 0.4) is 0 Å². The van der Waals surface area contributed by atoms with Gasteiger partial charge in [-0.1, -0.05) is 22.4 Å². The minimum Gasteiger partial charge on any atom is -0.396 e. The van der Waals surface area contributed by atoms with Crippen molar-refractivity contribution < 1.29 is 5.11 Å². The number of hydrogen-bond donors (Lipinski definition) is 1. The minimum atomic E-state index is 0.337. The molecule has 1 fully saturated rings. The van der Waals surface area contributed by atoms with Gasteiger partial charge in [0.2, 0.25) is 0 Å². The maximum Gasteiger partial charge on any atom is 0.0445 e. The maximum absolute atomic E-state index is 8.87. The summed E-state index contributed by atoms with van der Waals surface area (Å²) < 4.78 is 0. The number of halogens is 1. The van der Waals surface area contributed by atoms with Crippen LogP contribution in [0.2, 0.25) is 0 Å². The van der Waals surface area contributed by atoms with Gasteiger partial charge in [0.05, 0.1) is 0 Å². The highest BCUT2D eigenvalue weighted by atomic mass is 79.9. The number of rotatable bonds is 4. The van der Waals surface area contributed by atoms with Crippen molar-refractivity contribution in [1.29, 1.82) is 0 Å². The van der Waals surface area contributed by atoms with Crippen molar-refractivity contribution in [2.45, 2.75) is 31.7 Å². The number of hydrogen-bond acceptors (Lipinski definition) is 2. The van der Waals surface area contributed by atoms with Crippen LogP contribution in [0, 0.1) is 0 Å². The molecule has 1 N–H and O–H groups in total. The van der Waals surface area contributed by atoms with Crippen LogP contribution in [-0.2, 0) is 0 Å². The molecule has 72 valence electrons. The summed E-state index contributed by atoms with van der Waals surface area (Å²) in [6, 6.07) is 0.640. The summed E-state index contributed by atoms with van der Waals surface area (Å²) in [5.74, 6) is 0. The number of piperidine rings is 1. The lowest BCUT2D eigenvalue weighted by molar-refractivity contribution is 0.127. The van der Waals surface area contributed by atoms with Gasteiger partial charge in [-0.25, -0.2) is 0 Å². The molecule has 3 heteroatoms. The van der Waals surface area contributed by atoms with E-state index >= 15 is 0 Å². The number of aliphatic hydroxyl groups excluding tert-OH is 1. The Labute approximate surface area is 83.1 Å². The van der Waals surface area contributed by atoms with E-state index in [-0.39, 0.29) is 0 Å². The topological polar surface area (TPSA) is 23.5 Å². The molecule has 1 aliphatic rings. The molecule has 2 nitrogen and oxygen atoms in total. The molecule has 0 aromatic heterocycles. The van der Waals surface area contributed by atoms with Crippen molar-refractivity contribution in [3.63, 3.8) is 0 Å². The zero-order valence-corrected chi connectivity index (χ0v) is 9.09. The molecule has 1 atom stereocenters. The van der Waals surface area contributed by atoms with Crippen LogP contribution in [0.25, 0.3) is 0 Å². The molecule has 0 aliphatic carbocycles. The molecule has 0 aromatic carbocycles. The zero-order valence-electron chi connectivity index (χ0n) is 7.51. The molecule has 0 aromatic rings. The van der Waals surface area contributed by atoms with Gasteiger partial charge >= 0.3 is 0 Å².